The SMILES string of the molecule is CC(C)(C)Nc1nn2c(-c3ccc(C(=O)NC4CC4)cc3)cnc2c(NCC2CCOCC2)c1I. The zero-order valence-electron chi connectivity index (χ0n) is 20.5. The van der Waals surface area contributed by atoms with E-state index in [9.17, 15) is 4.79 Å². The molecule has 1 saturated heterocycles. The van der Waals surface area contributed by atoms with Crippen molar-refractivity contribution >= 4 is 45.7 Å². The van der Waals surface area contributed by atoms with Gasteiger partial charge in [-0.2, -0.15) is 0 Å². The fourth-order valence-corrected chi connectivity index (χ4v) is 4.93. The summed E-state index contributed by atoms with van der Waals surface area (Å²) in [4.78, 5) is 17.2. The number of nitrogens with one attached hydrogen (secondary N) is 3. The third kappa shape index (κ3) is 5.72. The Balaban J connectivity index is 1.48. The average molecular weight is 588 g/mol. The van der Waals surface area contributed by atoms with Gasteiger partial charge in [0.15, 0.2) is 11.5 Å². The number of halogens is 1. The molecule has 0 spiro atoms. The summed E-state index contributed by atoms with van der Waals surface area (Å²) in [5, 5.41) is 15.2. The van der Waals surface area contributed by atoms with E-state index in [-0.39, 0.29) is 11.4 Å². The maximum Gasteiger partial charge on any atom is 0.251 e. The number of aromatic nitrogens is 3. The standard InChI is InChI=1S/C26H33IN6O2/c1-26(2,3)31-23-21(27)22(28-14-16-10-12-35-13-11-16)24-29-15-20(33(24)32-23)17-4-6-18(7-5-17)25(34)30-19-8-9-19/h4-7,15-16,19,28H,8-14H2,1-3H3,(H,30,34)(H,31,32). The topological polar surface area (TPSA) is 92.6 Å². The molecule has 9 heteroatoms. The van der Waals surface area contributed by atoms with Crippen molar-refractivity contribution in [2.24, 2.45) is 5.92 Å². The maximum atomic E-state index is 12.4. The normalized spacial score (nSPS) is 16.9. The first-order chi connectivity index (χ1) is 16.8. The lowest BCUT2D eigenvalue weighted by Crippen LogP contribution is -2.28. The highest BCUT2D eigenvalue weighted by molar-refractivity contribution is 14.1. The first-order valence-electron chi connectivity index (χ1n) is 12.4. The van der Waals surface area contributed by atoms with Gasteiger partial charge in [0.05, 0.1) is 21.1 Å². The molecule has 5 rings (SSSR count). The zero-order valence-corrected chi connectivity index (χ0v) is 22.7. The highest BCUT2D eigenvalue weighted by atomic mass is 127. The Morgan fingerprint density at radius 2 is 1.86 bits per heavy atom. The molecule has 0 atom stereocenters. The van der Waals surface area contributed by atoms with Crippen LogP contribution in [0.3, 0.4) is 0 Å². The minimum atomic E-state index is -0.143. The second kappa shape index (κ2) is 9.93. The van der Waals surface area contributed by atoms with Crippen LogP contribution in [0.2, 0.25) is 0 Å². The quantitative estimate of drug-likeness (QED) is 0.339. The predicted octanol–water partition coefficient (Wildman–Crippen LogP) is 4.94. The second-order valence-corrected chi connectivity index (χ2v) is 11.6. The highest BCUT2D eigenvalue weighted by Crippen LogP contribution is 2.33. The molecule has 1 saturated carbocycles. The van der Waals surface area contributed by atoms with E-state index in [1.54, 1.807) is 0 Å². The molecule has 2 aromatic heterocycles. The highest BCUT2D eigenvalue weighted by Gasteiger charge is 2.25. The number of carbonyl (C=O) groups is 1. The van der Waals surface area contributed by atoms with Crippen LogP contribution in [0.25, 0.3) is 16.9 Å². The monoisotopic (exact) mass is 588 g/mol. The number of hydrogen-bond donors (Lipinski definition) is 3. The average Bonchev–Trinajstić information content (AvgIpc) is 3.55. The van der Waals surface area contributed by atoms with Gasteiger partial charge in [-0.1, -0.05) is 12.1 Å². The van der Waals surface area contributed by atoms with E-state index in [1.807, 2.05) is 35.0 Å². The van der Waals surface area contributed by atoms with E-state index in [0.29, 0.717) is 17.5 Å². The van der Waals surface area contributed by atoms with Crippen LogP contribution >= 0.6 is 22.6 Å². The molecule has 3 heterocycles. The smallest absolute Gasteiger partial charge is 0.251 e. The molecule has 1 aromatic carbocycles. The first kappa shape index (κ1) is 24.3. The third-order valence-corrected chi connectivity index (χ3v) is 7.40. The van der Waals surface area contributed by atoms with Crippen molar-refractivity contribution in [3.63, 3.8) is 0 Å². The van der Waals surface area contributed by atoms with Gasteiger partial charge in [-0.05, 0) is 87.1 Å². The van der Waals surface area contributed by atoms with Gasteiger partial charge in [-0.3, -0.25) is 4.79 Å². The summed E-state index contributed by atoms with van der Waals surface area (Å²) in [6.07, 6.45) is 6.15. The van der Waals surface area contributed by atoms with Gasteiger partial charge in [-0.25, -0.2) is 9.50 Å². The first-order valence-corrected chi connectivity index (χ1v) is 13.4. The lowest BCUT2D eigenvalue weighted by molar-refractivity contribution is 0.0699. The molecule has 186 valence electrons. The molecule has 0 unspecified atom stereocenters. The van der Waals surface area contributed by atoms with E-state index >= 15 is 0 Å². The summed E-state index contributed by atoms with van der Waals surface area (Å²) in [6.45, 7) is 8.92. The molecule has 1 aliphatic heterocycles. The Kier molecular flexibility index (Phi) is 6.89. The van der Waals surface area contributed by atoms with Crippen LogP contribution in [0.5, 0.6) is 0 Å². The number of fused-ring (bicyclic) bond motifs is 1. The number of ether oxygens (including phenoxy) is 1. The van der Waals surface area contributed by atoms with Gasteiger partial charge < -0.3 is 20.7 Å². The van der Waals surface area contributed by atoms with Crippen LogP contribution in [-0.2, 0) is 4.74 Å². The van der Waals surface area contributed by atoms with Crippen LogP contribution in [-0.4, -0.2) is 51.8 Å². The number of imidazole rings is 1. The molecular weight excluding hydrogens is 555 g/mol. The Labute approximate surface area is 219 Å². The number of anilines is 2. The van der Waals surface area contributed by atoms with Crippen LogP contribution in [0.15, 0.2) is 30.5 Å². The molecule has 3 aromatic rings. The summed E-state index contributed by atoms with van der Waals surface area (Å²) < 4.78 is 8.46. The van der Waals surface area contributed by atoms with E-state index in [2.05, 4.69) is 59.3 Å². The van der Waals surface area contributed by atoms with Crippen LogP contribution in [0.1, 0.15) is 56.8 Å². The number of benzene rings is 1. The molecule has 8 nitrogen and oxygen atoms in total. The minimum Gasteiger partial charge on any atom is -0.381 e. The van der Waals surface area contributed by atoms with Crippen LogP contribution in [0.4, 0.5) is 11.5 Å². The van der Waals surface area contributed by atoms with Gasteiger partial charge in [0.1, 0.15) is 0 Å². The van der Waals surface area contributed by atoms with Crippen molar-refractivity contribution in [1.82, 2.24) is 19.9 Å². The molecule has 3 N–H and O–H groups in total. The van der Waals surface area contributed by atoms with E-state index in [1.165, 1.54) is 0 Å². The Hall–Kier alpha value is -2.40. The van der Waals surface area contributed by atoms with Crippen LogP contribution in [0, 0.1) is 9.49 Å². The number of rotatable bonds is 7. The molecule has 35 heavy (non-hydrogen) atoms. The Morgan fingerprint density at radius 1 is 1.14 bits per heavy atom. The Bertz CT molecular complexity index is 1210. The summed E-state index contributed by atoms with van der Waals surface area (Å²) in [6, 6.07) is 8.02. The van der Waals surface area contributed by atoms with Gasteiger partial charge >= 0.3 is 0 Å². The number of hydrogen-bond acceptors (Lipinski definition) is 6. The van der Waals surface area contributed by atoms with Crippen molar-refractivity contribution in [1.29, 1.82) is 0 Å². The largest absolute Gasteiger partial charge is 0.381 e. The van der Waals surface area contributed by atoms with E-state index < -0.39 is 0 Å². The molecule has 1 aliphatic carbocycles. The van der Waals surface area contributed by atoms with Crippen molar-refractivity contribution in [2.45, 2.75) is 58.0 Å². The maximum absolute atomic E-state index is 12.4. The third-order valence-electron chi connectivity index (χ3n) is 6.35. The van der Waals surface area contributed by atoms with Gasteiger partial charge in [-0.15, -0.1) is 5.10 Å². The van der Waals surface area contributed by atoms with Crippen molar-refractivity contribution < 1.29 is 9.53 Å². The molecular formula is C26H33IN6O2. The predicted molar refractivity (Wildman–Crippen MR) is 147 cm³/mol. The fraction of sp³-hybridized carbons (Fsp3) is 0.500. The van der Waals surface area contributed by atoms with Gasteiger partial charge in [0.2, 0.25) is 0 Å². The molecule has 2 fully saturated rings. The summed E-state index contributed by atoms with van der Waals surface area (Å²) in [5.74, 6) is 1.39. The van der Waals surface area contributed by atoms with E-state index in [0.717, 1.165) is 77.4 Å². The molecule has 2 aliphatic rings. The van der Waals surface area contributed by atoms with Gasteiger partial charge in [0.25, 0.3) is 5.91 Å². The summed E-state index contributed by atoms with van der Waals surface area (Å²) >= 11 is 2.36. The Morgan fingerprint density at radius 3 is 2.51 bits per heavy atom. The van der Waals surface area contributed by atoms with E-state index in [4.69, 9.17) is 14.8 Å². The number of amides is 1. The zero-order chi connectivity index (χ0) is 24.6. The van der Waals surface area contributed by atoms with Crippen molar-refractivity contribution in [3.05, 3.63) is 39.6 Å². The lowest BCUT2D eigenvalue weighted by atomic mass is 10.0. The lowest BCUT2D eigenvalue weighted by Gasteiger charge is -2.25. The summed E-state index contributed by atoms with van der Waals surface area (Å²) in [5.41, 5.74) is 4.17. The number of carbonyl (C=O) groups excluding carboxylic acids is 1. The summed E-state index contributed by atoms with van der Waals surface area (Å²) in [7, 11) is 0. The molecule has 1 amide bonds. The molecule has 0 radical (unpaired) electrons. The van der Waals surface area contributed by atoms with Gasteiger partial charge in [0, 0.05) is 42.5 Å². The fourth-order valence-electron chi connectivity index (χ4n) is 4.25. The van der Waals surface area contributed by atoms with Crippen molar-refractivity contribution in [3.8, 4) is 11.3 Å². The van der Waals surface area contributed by atoms with Crippen molar-refractivity contribution in [2.75, 3.05) is 30.4 Å². The minimum absolute atomic E-state index is 0.0128. The van der Waals surface area contributed by atoms with Crippen LogP contribution < -0.4 is 16.0 Å². The number of nitrogens with zero attached hydrogens (tertiary/aromatic N) is 3. The molecule has 0 bridgehead atoms. The second-order valence-electron chi connectivity index (χ2n) is 10.6.